The molecule has 0 fully saturated rings. The molecule has 23 heavy (non-hydrogen) atoms. The van der Waals surface area contributed by atoms with Crippen molar-refractivity contribution in [2.24, 2.45) is 0 Å². The maximum Gasteiger partial charge on any atom is 0.313 e. The number of halogens is 2. The van der Waals surface area contributed by atoms with Crippen LogP contribution in [0.4, 0.5) is 14.5 Å². The molecule has 6 heteroatoms. The van der Waals surface area contributed by atoms with Gasteiger partial charge < -0.3 is 10.6 Å². The molecule has 2 aromatic rings. The number of benzene rings is 2. The van der Waals surface area contributed by atoms with Crippen LogP contribution in [0.1, 0.15) is 12.0 Å². The number of carbonyl (C=O) groups excluding carboxylic acids is 2. The van der Waals surface area contributed by atoms with Crippen molar-refractivity contribution >= 4 is 17.5 Å². The molecule has 120 valence electrons. The SMILES string of the molecule is O=C(NCCCc1ccccc1)C(=O)Nc1ccc(F)cc1F. The average molecular weight is 318 g/mol. The molecule has 0 heterocycles. The Labute approximate surface area is 132 Å². The third-order valence-corrected chi connectivity index (χ3v) is 3.16. The minimum absolute atomic E-state index is 0.240. The second-order valence-electron chi connectivity index (χ2n) is 4.92. The minimum atomic E-state index is -0.991. The fourth-order valence-corrected chi connectivity index (χ4v) is 1.99. The van der Waals surface area contributed by atoms with Crippen molar-refractivity contribution in [2.75, 3.05) is 11.9 Å². The molecule has 0 spiro atoms. The third-order valence-electron chi connectivity index (χ3n) is 3.16. The zero-order valence-corrected chi connectivity index (χ0v) is 12.3. The Morgan fingerprint density at radius 1 is 0.957 bits per heavy atom. The Morgan fingerprint density at radius 2 is 1.70 bits per heavy atom. The van der Waals surface area contributed by atoms with E-state index in [1.807, 2.05) is 30.3 Å². The van der Waals surface area contributed by atoms with Gasteiger partial charge in [-0.05, 0) is 30.5 Å². The summed E-state index contributed by atoms with van der Waals surface area (Å²) in [5.41, 5.74) is 0.899. The molecule has 2 amide bonds. The summed E-state index contributed by atoms with van der Waals surface area (Å²) in [6.07, 6.45) is 1.45. The number of carbonyl (C=O) groups is 2. The van der Waals surface area contributed by atoms with Crippen molar-refractivity contribution in [3.63, 3.8) is 0 Å². The molecule has 0 unspecified atom stereocenters. The quantitative estimate of drug-likeness (QED) is 0.658. The zero-order chi connectivity index (χ0) is 16.7. The van der Waals surface area contributed by atoms with E-state index >= 15 is 0 Å². The lowest BCUT2D eigenvalue weighted by Crippen LogP contribution is -2.36. The summed E-state index contributed by atoms with van der Waals surface area (Å²) in [6, 6.07) is 12.4. The maximum absolute atomic E-state index is 13.4. The van der Waals surface area contributed by atoms with Crippen LogP contribution in [0.3, 0.4) is 0 Å². The first kappa shape index (κ1) is 16.6. The minimum Gasteiger partial charge on any atom is -0.348 e. The number of hydrogen-bond donors (Lipinski definition) is 2. The Morgan fingerprint density at radius 3 is 2.39 bits per heavy atom. The van der Waals surface area contributed by atoms with Crippen molar-refractivity contribution in [1.29, 1.82) is 0 Å². The van der Waals surface area contributed by atoms with E-state index in [9.17, 15) is 18.4 Å². The van der Waals surface area contributed by atoms with Gasteiger partial charge in [-0.2, -0.15) is 0 Å². The molecule has 2 rings (SSSR count). The van der Waals surface area contributed by atoms with Gasteiger partial charge in [-0.3, -0.25) is 9.59 Å². The van der Waals surface area contributed by atoms with Crippen LogP contribution in [-0.2, 0) is 16.0 Å². The van der Waals surface area contributed by atoms with E-state index in [1.54, 1.807) is 0 Å². The van der Waals surface area contributed by atoms with E-state index in [4.69, 9.17) is 0 Å². The summed E-state index contributed by atoms with van der Waals surface area (Å²) < 4.78 is 26.1. The normalized spacial score (nSPS) is 10.2. The summed E-state index contributed by atoms with van der Waals surface area (Å²) in [5.74, 6) is -3.54. The van der Waals surface area contributed by atoms with Crippen molar-refractivity contribution < 1.29 is 18.4 Å². The Kier molecular flexibility index (Phi) is 5.80. The van der Waals surface area contributed by atoms with Gasteiger partial charge in [-0.25, -0.2) is 8.78 Å². The standard InChI is InChI=1S/C17H16F2N2O2/c18-13-8-9-15(14(19)11-13)21-17(23)16(22)20-10-4-7-12-5-2-1-3-6-12/h1-3,5-6,8-9,11H,4,7,10H2,(H,20,22)(H,21,23). The lowest BCUT2D eigenvalue weighted by molar-refractivity contribution is -0.136. The van der Waals surface area contributed by atoms with Crippen LogP contribution < -0.4 is 10.6 Å². The largest absolute Gasteiger partial charge is 0.348 e. The number of hydrogen-bond acceptors (Lipinski definition) is 2. The molecule has 2 aromatic carbocycles. The van der Waals surface area contributed by atoms with Crippen LogP contribution >= 0.6 is 0 Å². The predicted molar refractivity (Wildman–Crippen MR) is 82.8 cm³/mol. The average Bonchev–Trinajstić information content (AvgIpc) is 2.55. The smallest absolute Gasteiger partial charge is 0.313 e. The van der Waals surface area contributed by atoms with Gasteiger partial charge in [0.15, 0.2) is 0 Å². The lowest BCUT2D eigenvalue weighted by atomic mass is 10.1. The van der Waals surface area contributed by atoms with E-state index in [2.05, 4.69) is 10.6 Å². The number of amides is 2. The van der Waals surface area contributed by atoms with E-state index in [0.717, 1.165) is 24.1 Å². The van der Waals surface area contributed by atoms with Gasteiger partial charge in [0.2, 0.25) is 0 Å². The Hall–Kier alpha value is -2.76. The lowest BCUT2D eigenvalue weighted by Gasteiger charge is -2.07. The molecule has 0 bridgehead atoms. The van der Waals surface area contributed by atoms with Crippen LogP contribution in [0.5, 0.6) is 0 Å². The summed E-state index contributed by atoms with van der Waals surface area (Å²) in [7, 11) is 0. The third kappa shape index (κ3) is 5.18. The predicted octanol–water partition coefficient (Wildman–Crippen LogP) is 2.65. The highest BCUT2D eigenvalue weighted by atomic mass is 19.1. The number of anilines is 1. The highest BCUT2D eigenvalue weighted by molar-refractivity contribution is 6.39. The second kappa shape index (κ2) is 8.03. The summed E-state index contributed by atoms with van der Waals surface area (Å²) in [6.45, 7) is 0.326. The molecule has 0 aliphatic heterocycles. The summed E-state index contributed by atoms with van der Waals surface area (Å²) in [4.78, 5) is 23.2. The van der Waals surface area contributed by atoms with Gasteiger partial charge in [0.05, 0.1) is 5.69 Å². The highest BCUT2D eigenvalue weighted by Gasteiger charge is 2.15. The molecule has 0 aromatic heterocycles. The Bertz CT molecular complexity index is 690. The van der Waals surface area contributed by atoms with Crippen LogP contribution in [0, 0.1) is 11.6 Å². The molecule has 0 aliphatic rings. The van der Waals surface area contributed by atoms with Gasteiger partial charge in [-0.15, -0.1) is 0 Å². The molecular formula is C17H16F2N2O2. The number of aryl methyl sites for hydroxylation is 1. The monoisotopic (exact) mass is 318 g/mol. The molecule has 0 atom stereocenters. The van der Waals surface area contributed by atoms with E-state index < -0.39 is 23.4 Å². The Balaban J connectivity index is 1.75. The van der Waals surface area contributed by atoms with Gasteiger partial charge >= 0.3 is 11.8 Å². The summed E-state index contributed by atoms with van der Waals surface area (Å²) in [5, 5.41) is 4.56. The molecular weight excluding hydrogens is 302 g/mol. The van der Waals surface area contributed by atoms with Crippen LogP contribution in [0.2, 0.25) is 0 Å². The van der Waals surface area contributed by atoms with Gasteiger partial charge in [0.25, 0.3) is 0 Å². The first-order valence-corrected chi connectivity index (χ1v) is 7.14. The van der Waals surface area contributed by atoms with Crippen LogP contribution in [-0.4, -0.2) is 18.4 Å². The first-order valence-electron chi connectivity index (χ1n) is 7.14. The van der Waals surface area contributed by atoms with E-state index in [0.29, 0.717) is 19.0 Å². The van der Waals surface area contributed by atoms with Gasteiger partial charge in [0, 0.05) is 12.6 Å². The van der Waals surface area contributed by atoms with Crippen molar-refractivity contribution in [1.82, 2.24) is 5.32 Å². The van der Waals surface area contributed by atoms with Crippen LogP contribution in [0.25, 0.3) is 0 Å². The zero-order valence-electron chi connectivity index (χ0n) is 12.3. The maximum atomic E-state index is 13.4. The molecule has 0 saturated carbocycles. The summed E-state index contributed by atoms with van der Waals surface area (Å²) >= 11 is 0. The van der Waals surface area contributed by atoms with Crippen molar-refractivity contribution in [3.8, 4) is 0 Å². The topological polar surface area (TPSA) is 58.2 Å². The molecule has 0 aliphatic carbocycles. The van der Waals surface area contributed by atoms with Gasteiger partial charge in [0.1, 0.15) is 11.6 Å². The first-order chi connectivity index (χ1) is 11.1. The van der Waals surface area contributed by atoms with Crippen LogP contribution in [0.15, 0.2) is 48.5 Å². The second-order valence-corrected chi connectivity index (χ2v) is 4.92. The van der Waals surface area contributed by atoms with Crippen molar-refractivity contribution in [3.05, 3.63) is 65.7 Å². The molecule has 0 saturated heterocycles. The van der Waals surface area contributed by atoms with Gasteiger partial charge in [-0.1, -0.05) is 30.3 Å². The fraction of sp³-hybridized carbons (Fsp3) is 0.176. The molecule has 0 radical (unpaired) electrons. The fourth-order valence-electron chi connectivity index (χ4n) is 1.99. The van der Waals surface area contributed by atoms with E-state index in [-0.39, 0.29) is 5.69 Å². The molecule has 2 N–H and O–H groups in total. The number of nitrogens with one attached hydrogen (secondary N) is 2. The van der Waals surface area contributed by atoms with Crippen molar-refractivity contribution in [2.45, 2.75) is 12.8 Å². The van der Waals surface area contributed by atoms with E-state index in [1.165, 1.54) is 0 Å². The molecule has 4 nitrogen and oxygen atoms in total. The highest BCUT2D eigenvalue weighted by Crippen LogP contribution is 2.14. The number of rotatable bonds is 5.